The Labute approximate surface area is 159 Å². The van der Waals surface area contributed by atoms with Gasteiger partial charge in [0.15, 0.2) is 10.9 Å². The highest BCUT2D eigenvalue weighted by atomic mass is 32.2. The molecule has 1 aromatic carbocycles. The largest absolute Gasteiger partial charge is 0.293 e. The lowest BCUT2D eigenvalue weighted by molar-refractivity contribution is 0.0994. The third-order valence-electron chi connectivity index (χ3n) is 4.35. The number of benzene rings is 1. The van der Waals surface area contributed by atoms with Crippen molar-refractivity contribution >= 4 is 39.1 Å². The third-order valence-corrected chi connectivity index (χ3v) is 6.54. The fourth-order valence-electron chi connectivity index (χ4n) is 2.74. The fraction of sp³-hybridized carbons (Fsp3) is 0.316. The summed E-state index contributed by atoms with van der Waals surface area (Å²) in [6.45, 7) is 8.06. The maximum absolute atomic E-state index is 13.1. The summed E-state index contributed by atoms with van der Waals surface area (Å²) in [5, 5.41) is 0.759. The van der Waals surface area contributed by atoms with Crippen LogP contribution in [0.4, 0.5) is 4.39 Å². The fourth-order valence-corrected chi connectivity index (χ4v) is 4.86. The molecular formula is C19H19FN2O2S2. The van der Waals surface area contributed by atoms with Crippen LogP contribution >= 0.6 is 23.1 Å². The predicted octanol–water partition coefficient (Wildman–Crippen LogP) is 4.60. The normalized spacial score (nSPS) is 12.5. The number of aromatic nitrogens is 2. The Morgan fingerprint density at radius 1 is 1.31 bits per heavy atom. The minimum absolute atomic E-state index is 0.0664. The standard InChI is InChI=1S/C19H19FN2O2S2/c1-5-22-18(24)15-10(2)11(3)25-17(15)21-19(22)26-12(4)16(23)13-6-8-14(20)9-7-13/h6-9,12H,5H2,1-4H3/t12-/m1/s1. The van der Waals surface area contributed by atoms with E-state index >= 15 is 0 Å². The molecule has 0 spiro atoms. The van der Waals surface area contributed by atoms with E-state index in [9.17, 15) is 14.0 Å². The maximum atomic E-state index is 13.1. The topological polar surface area (TPSA) is 52.0 Å². The molecular weight excluding hydrogens is 371 g/mol. The van der Waals surface area contributed by atoms with Gasteiger partial charge in [0.2, 0.25) is 0 Å². The Kier molecular flexibility index (Phi) is 5.29. The number of carbonyl (C=O) groups is 1. The lowest BCUT2D eigenvalue weighted by atomic mass is 10.1. The van der Waals surface area contributed by atoms with Crippen LogP contribution in [0.2, 0.25) is 0 Å². The van der Waals surface area contributed by atoms with Crippen LogP contribution in [0.5, 0.6) is 0 Å². The van der Waals surface area contributed by atoms with Crippen molar-refractivity contribution in [1.82, 2.24) is 9.55 Å². The monoisotopic (exact) mass is 390 g/mol. The lowest BCUT2D eigenvalue weighted by Gasteiger charge is -2.14. The minimum Gasteiger partial charge on any atom is -0.293 e. The van der Waals surface area contributed by atoms with Crippen molar-refractivity contribution in [2.75, 3.05) is 0 Å². The van der Waals surface area contributed by atoms with Crippen LogP contribution in [0.25, 0.3) is 10.2 Å². The van der Waals surface area contributed by atoms with Gasteiger partial charge in [-0.05, 0) is 57.5 Å². The molecule has 0 saturated heterocycles. The molecule has 0 N–H and O–H groups in total. The summed E-state index contributed by atoms with van der Waals surface area (Å²) in [6, 6.07) is 5.50. The Morgan fingerprint density at radius 2 is 1.96 bits per heavy atom. The highest BCUT2D eigenvalue weighted by molar-refractivity contribution is 8.00. The molecule has 7 heteroatoms. The Balaban J connectivity index is 1.98. The van der Waals surface area contributed by atoms with Gasteiger partial charge in [-0.3, -0.25) is 14.2 Å². The van der Waals surface area contributed by atoms with Crippen LogP contribution in [-0.2, 0) is 6.54 Å². The molecule has 0 amide bonds. The van der Waals surface area contributed by atoms with Gasteiger partial charge in [0.1, 0.15) is 10.6 Å². The molecule has 3 rings (SSSR count). The molecule has 0 unspecified atom stereocenters. The Hall–Kier alpha value is -1.99. The van der Waals surface area contributed by atoms with Crippen LogP contribution in [0, 0.1) is 19.7 Å². The zero-order valence-corrected chi connectivity index (χ0v) is 16.6. The van der Waals surface area contributed by atoms with E-state index in [0.717, 1.165) is 10.4 Å². The molecule has 0 aliphatic rings. The first kappa shape index (κ1) is 18.8. The Morgan fingerprint density at radius 3 is 2.58 bits per heavy atom. The van der Waals surface area contributed by atoms with Crippen LogP contribution < -0.4 is 5.56 Å². The van der Waals surface area contributed by atoms with Gasteiger partial charge in [-0.2, -0.15) is 0 Å². The average molecular weight is 391 g/mol. The number of ketones is 1. The second-order valence-electron chi connectivity index (χ2n) is 6.04. The first-order valence-electron chi connectivity index (χ1n) is 8.30. The van der Waals surface area contributed by atoms with Gasteiger partial charge in [0, 0.05) is 17.0 Å². The number of Topliss-reactive ketones (excluding diaryl/α,β-unsaturated/α-hetero) is 1. The molecule has 2 aromatic heterocycles. The van der Waals surface area contributed by atoms with E-state index < -0.39 is 5.25 Å². The van der Waals surface area contributed by atoms with Crippen molar-refractivity contribution in [2.24, 2.45) is 0 Å². The van der Waals surface area contributed by atoms with E-state index in [2.05, 4.69) is 4.98 Å². The highest BCUT2D eigenvalue weighted by Gasteiger charge is 2.21. The number of fused-ring (bicyclic) bond motifs is 1. The number of thioether (sulfide) groups is 1. The number of carbonyl (C=O) groups excluding carboxylic acids is 1. The van der Waals surface area contributed by atoms with Crippen LogP contribution in [0.15, 0.2) is 34.2 Å². The molecule has 0 saturated carbocycles. The van der Waals surface area contributed by atoms with Gasteiger partial charge in [-0.15, -0.1) is 11.3 Å². The summed E-state index contributed by atoms with van der Waals surface area (Å²) in [4.78, 5) is 31.9. The zero-order chi connectivity index (χ0) is 19.0. The van der Waals surface area contributed by atoms with Crippen molar-refractivity contribution in [3.8, 4) is 0 Å². The van der Waals surface area contributed by atoms with Crippen molar-refractivity contribution in [3.05, 3.63) is 56.4 Å². The third kappa shape index (κ3) is 3.33. The van der Waals surface area contributed by atoms with Gasteiger partial charge < -0.3 is 0 Å². The number of thiophene rings is 1. The van der Waals surface area contributed by atoms with Crippen molar-refractivity contribution in [1.29, 1.82) is 0 Å². The second-order valence-corrected chi connectivity index (χ2v) is 8.55. The summed E-state index contributed by atoms with van der Waals surface area (Å²) >= 11 is 2.76. The van der Waals surface area contributed by atoms with Crippen molar-refractivity contribution in [2.45, 2.75) is 44.6 Å². The van der Waals surface area contributed by atoms with Crippen molar-refractivity contribution < 1.29 is 9.18 Å². The summed E-state index contributed by atoms with van der Waals surface area (Å²) in [5.41, 5.74) is 1.35. The zero-order valence-electron chi connectivity index (χ0n) is 15.0. The number of rotatable bonds is 5. The molecule has 2 heterocycles. The quantitative estimate of drug-likeness (QED) is 0.363. The van der Waals surface area contributed by atoms with Gasteiger partial charge >= 0.3 is 0 Å². The summed E-state index contributed by atoms with van der Waals surface area (Å²) in [6.07, 6.45) is 0. The molecule has 0 radical (unpaired) electrons. The number of halogens is 1. The Bertz CT molecular complexity index is 1040. The van der Waals surface area contributed by atoms with Gasteiger partial charge in [0.25, 0.3) is 5.56 Å². The van der Waals surface area contributed by atoms with Gasteiger partial charge in [-0.1, -0.05) is 11.8 Å². The van der Waals surface area contributed by atoms with Crippen LogP contribution in [0.3, 0.4) is 0 Å². The van der Waals surface area contributed by atoms with Gasteiger partial charge in [0.05, 0.1) is 10.6 Å². The van der Waals surface area contributed by atoms with E-state index in [4.69, 9.17) is 0 Å². The minimum atomic E-state index is -0.440. The molecule has 0 aliphatic heterocycles. The SMILES string of the molecule is CCn1c(S[C@H](C)C(=O)c2ccc(F)cc2)nc2sc(C)c(C)c2c1=O. The van der Waals surface area contributed by atoms with Gasteiger partial charge in [-0.25, -0.2) is 9.37 Å². The van der Waals surface area contributed by atoms with E-state index in [0.29, 0.717) is 27.5 Å². The molecule has 3 aromatic rings. The van der Waals surface area contributed by atoms with E-state index in [1.165, 1.54) is 47.4 Å². The lowest BCUT2D eigenvalue weighted by Crippen LogP contribution is -2.24. The van der Waals surface area contributed by atoms with Crippen molar-refractivity contribution in [3.63, 3.8) is 0 Å². The molecule has 0 fully saturated rings. The average Bonchev–Trinajstić information content (AvgIpc) is 2.89. The van der Waals surface area contributed by atoms with Crippen LogP contribution in [0.1, 0.15) is 34.6 Å². The predicted molar refractivity (Wildman–Crippen MR) is 105 cm³/mol. The summed E-state index contributed by atoms with van der Waals surface area (Å²) in [5.74, 6) is -0.497. The second kappa shape index (κ2) is 7.32. The smallest absolute Gasteiger partial charge is 0.263 e. The molecule has 26 heavy (non-hydrogen) atoms. The molecule has 1 atom stereocenters. The number of aryl methyl sites for hydroxylation is 2. The van der Waals surface area contributed by atoms with Crippen LogP contribution in [-0.4, -0.2) is 20.6 Å². The molecule has 4 nitrogen and oxygen atoms in total. The molecule has 136 valence electrons. The molecule has 0 aliphatic carbocycles. The van der Waals surface area contributed by atoms with E-state index in [1.54, 1.807) is 11.5 Å². The highest BCUT2D eigenvalue weighted by Crippen LogP contribution is 2.30. The summed E-state index contributed by atoms with van der Waals surface area (Å²) in [7, 11) is 0. The summed E-state index contributed by atoms with van der Waals surface area (Å²) < 4.78 is 14.7. The van der Waals surface area contributed by atoms with E-state index in [-0.39, 0.29) is 17.2 Å². The number of hydrogen-bond donors (Lipinski definition) is 0. The molecule has 0 bridgehead atoms. The first-order valence-corrected chi connectivity index (χ1v) is 10.00. The maximum Gasteiger partial charge on any atom is 0.263 e. The number of hydrogen-bond acceptors (Lipinski definition) is 5. The van der Waals surface area contributed by atoms with E-state index in [1.807, 2.05) is 20.8 Å². The number of nitrogens with zero attached hydrogens (tertiary/aromatic N) is 2. The first-order chi connectivity index (χ1) is 12.3.